The van der Waals surface area contributed by atoms with Crippen molar-refractivity contribution in [3.05, 3.63) is 56.2 Å². The number of ketones is 1. The molecule has 1 saturated heterocycles. The number of carbonyl (C=O) groups is 2. The van der Waals surface area contributed by atoms with Gasteiger partial charge in [0.25, 0.3) is 5.56 Å². The van der Waals surface area contributed by atoms with Gasteiger partial charge in [-0.05, 0) is 31.2 Å². The molecule has 2 aromatic rings. The van der Waals surface area contributed by atoms with Crippen molar-refractivity contribution in [1.29, 1.82) is 0 Å². The van der Waals surface area contributed by atoms with Crippen molar-refractivity contribution < 1.29 is 19.1 Å². The molecule has 3 N–H and O–H groups in total. The van der Waals surface area contributed by atoms with Crippen LogP contribution < -0.4 is 21.9 Å². The van der Waals surface area contributed by atoms with Gasteiger partial charge in [0.1, 0.15) is 11.4 Å². The molecule has 11 heteroatoms. The van der Waals surface area contributed by atoms with Crippen molar-refractivity contribution in [2.24, 2.45) is 0 Å². The minimum absolute atomic E-state index is 0.00600. The first-order valence-corrected chi connectivity index (χ1v) is 10.6. The molecule has 1 atom stereocenters. The molecule has 1 aromatic carbocycles. The van der Waals surface area contributed by atoms with Gasteiger partial charge in [-0.2, -0.15) is 0 Å². The number of ether oxygens (including phenoxy) is 2. The van der Waals surface area contributed by atoms with Crippen molar-refractivity contribution in [2.75, 3.05) is 57.6 Å². The maximum atomic E-state index is 13.0. The third kappa shape index (κ3) is 5.32. The van der Waals surface area contributed by atoms with Gasteiger partial charge >= 0.3 is 11.7 Å². The minimum Gasteiger partial charge on any atom is -0.465 e. The first kappa shape index (κ1) is 24.2. The van der Waals surface area contributed by atoms with Crippen LogP contribution in [0.5, 0.6) is 0 Å². The molecule has 0 saturated carbocycles. The Morgan fingerprint density at radius 3 is 2.45 bits per heavy atom. The highest BCUT2D eigenvalue weighted by Crippen LogP contribution is 2.20. The van der Waals surface area contributed by atoms with Gasteiger partial charge in [-0.15, -0.1) is 0 Å². The Kier molecular flexibility index (Phi) is 7.67. The van der Waals surface area contributed by atoms with E-state index in [0.29, 0.717) is 25.2 Å². The highest BCUT2D eigenvalue weighted by molar-refractivity contribution is 6.01. The molecule has 0 amide bonds. The number of nitrogens with two attached hydrogens (primary N) is 1. The van der Waals surface area contributed by atoms with Crippen LogP contribution in [-0.2, 0) is 16.0 Å². The summed E-state index contributed by atoms with van der Waals surface area (Å²) in [5.74, 6) is -0.980. The second-order valence-electron chi connectivity index (χ2n) is 7.89. The summed E-state index contributed by atoms with van der Waals surface area (Å²) in [4.78, 5) is 55.3. The van der Waals surface area contributed by atoms with Crippen molar-refractivity contribution in [3.8, 4) is 0 Å². The number of piperazine rings is 1. The fraction of sp³-hybridized carbons (Fsp3) is 0.455. The molecular formula is C22H29N5O6. The Morgan fingerprint density at radius 1 is 1.15 bits per heavy atom. The van der Waals surface area contributed by atoms with E-state index in [-0.39, 0.29) is 43.1 Å². The van der Waals surface area contributed by atoms with E-state index >= 15 is 0 Å². The normalized spacial score (nSPS) is 16.6. The van der Waals surface area contributed by atoms with Crippen LogP contribution in [-0.4, -0.2) is 79.3 Å². The van der Waals surface area contributed by atoms with Crippen LogP contribution in [0.3, 0.4) is 0 Å². The first-order chi connectivity index (χ1) is 15.8. The second kappa shape index (κ2) is 10.5. The number of rotatable bonds is 8. The molecule has 1 aliphatic rings. The van der Waals surface area contributed by atoms with Crippen molar-refractivity contribution >= 4 is 23.3 Å². The molecule has 0 radical (unpaired) electrons. The number of carbonyl (C=O) groups excluding carboxylic acids is 2. The van der Waals surface area contributed by atoms with E-state index in [2.05, 4.69) is 9.88 Å². The van der Waals surface area contributed by atoms with Crippen molar-refractivity contribution in [2.45, 2.75) is 19.5 Å². The lowest BCUT2D eigenvalue weighted by Crippen LogP contribution is -2.53. The molecule has 0 spiro atoms. The summed E-state index contributed by atoms with van der Waals surface area (Å²) >= 11 is 0. The van der Waals surface area contributed by atoms with Crippen LogP contribution in [0.25, 0.3) is 0 Å². The molecule has 11 nitrogen and oxygen atoms in total. The lowest BCUT2D eigenvalue weighted by molar-refractivity contribution is 0.0600. The van der Waals surface area contributed by atoms with E-state index in [1.54, 1.807) is 12.1 Å². The number of esters is 1. The van der Waals surface area contributed by atoms with Gasteiger partial charge in [-0.1, -0.05) is 0 Å². The number of methoxy groups -OCH3 is 2. The summed E-state index contributed by atoms with van der Waals surface area (Å²) in [5, 5.41) is 0. The van der Waals surface area contributed by atoms with Crippen LogP contribution in [0, 0.1) is 0 Å². The van der Waals surface area contributed by atoms with Crippen LogP contribution in [0.2, 0.25) is 0 Å². The van der Waals surface area contributed by atoms with Crippen molar-refractivity contribution in [3.63, 3.8) is 0 Å². The smallest absolute Gasteiger partial charge is 0.337 e. The fourth-order valence-electron chi connectivity index (χ4n) is 3.92. The number of hydrogen-bond acceptors (Lipinski definition) is 9. The molecule has 33 heavy (non-hydrogen) atoms. The molecule has 1 fully saturated rings. The lowest BCUT2D eigenvalue weighted by atomic mass is 10.1. The highest BCUT2D eigenvalue weighted by Gasteiger charge is 2.28. The van der Waals surface area contributed by atoms with Gasteiger partial charge in [0.2, 0.25) is 0 Å². The maximum absolute atomic E-state index is 13.0. The van der Waals surface area contributed by atoms with Crippen LogP contribution in [0.4, 0.5) is 11.5 Å². The number of aromatic amines is 1. The number of aromatic nitrogens is 2. The summed E-state index contributed by atoms with van der Waals surface area (Å²) < 4.78 is 10.8. The molecule has 178 valence electrons. The van der Waals surface area contributed by atoms with Gasteiger partial charge in [-0.3, -0.25) is 24.0 Å². The molecule has 0 aliphatic carbocycles. The number of Topliss-reactive ketones (excluding diaryl/α,β-unsaturated/α-hetero) is 1. The summed E-state index contributed by atoms with van der Waals surface area (Å²) in [6.07, 6.45) is 0. The third-order valence-corrected chi connectivity index (χ3v) is 5.80. The number of nitrogen functional groups attached to an aromatic ring is 1. The van der Waals surface area contributed by atoms with Crippen LogP contribution in [0.1, 0.15) is 27.6 Å². The molecular weight excluding hydrogens is 430 g/mol. The Hall–Kier alpha value is -3.44. The van der Waals surface area contributed by atoms with Gasteiger partial charge < -0.3 is 20.1 Å². The Labute approximate surface area is 190 Å². The molecule has 2 heterocycles. The average molecular weight is 460 g/mol. The van der Waals surface area contributed by atoms with E-state index in [1.165, 1.54) is 14.2 Å². The topological polar surface area (TPSA) is 140 Å². The number of benzene rings is 1. The highest BCUT2D eigenvalue weighted by atomic mass is 16.5. The predicted octanol–water partition coefficient (Wildman–Crippen LogP) is -0.0548. The zero-order chi connectivity index (χ0) is 24.1. The van der Waals surface area contributed by atoms with Gasteiger partial charge in [-0.25, -0.2) is 9.59 Å². The quantitative estimate of drug-likeness (QED) is 0.410. The molecule has 1 unspecified atom stereocenters. The Balaban J connectivity index is 1.70. The van der Waals surface area contributed by atoms with Gasteiger partial charge in [0.05, 0.1) is 32.4 Å². The van der Waals surface area contributed by atoms with E-state index < -0.39 is 17.0 Å². The number of nitrogens with one attached hydrogen (secondary N) is 1. The van der Waals surface area contributed by atoms with E-state index in [1.807, 2.05) is 24.0 Å². The molecule has 0 bridgehead atoms. The SMILES string of the molecule is COCCn1c(N)c(C(=O)CN2CCN(c3ccc(C(=O)OC)cc3)CC2C)c(=O)[nH]c1=O. The monoisotopic (exact) mass is 459 g/mol. The standard InChI is InChI=1S/C22H29N5O6/c1-14-12-26(16-6-4-15(5-7-16)21(30)33-3)9-8-25(14)13-17(28)18-19(23)27(10-11-32-2)22(31)24-20(18)29/h4-7,14H,8-13,23H2,1-3H3,(H,24,29,31). The number of nitrogens with zero attached hydrogens (tertiary/aromatic N) is 3. The average Bonchev–Trinajstić information content (AvgIpc) is 2.79. The fourth-order valence-corrected chi connectivity index (χ4v) is 3.92. The molecule has 1 aliphatic heterocycles. The summed E-state index contributed by atoms with van der Waals surface area (Å²) in [6, 6.07) is 7.18. The first-order valence-electron chi connectivity index (χ1n) is 10.6. The Bertz CT molecular complexity index is 1120. The minimum atomic E-state index is -0.784. The Morgan fingerprint density at radius 2 is 1.85 bits per heavy atom. The third-order valence-electron chi connectivity index (χ3n) is 5.80. The zero-order valence-electron chi connectivity index (χ0n) is 19.0. The van der Waals surface area contributed by atoms with Crippen LogP contribution >= 0.6 is 0 Å². The van der Waals surface area contributed by atoms with E-state index in [4.69, 9.17) is 15.2 Å². The second-order valence-corrected chi connectivity index (χ2v) is 7.89. The number of hydrogen-bond donors (Lipinski definition) is 2. The van der Waals surface area contributed by atoms with Gasteiger partial charge in [0.15, 0.2) is 5.78 Å². The molecule has 3 rings (SSSR count). The number of anilines is 2. The largest absolute Gasteiger partial charge is 0.465 e. The summed E-state index contributed by atoms with van der Waals surface area (Å²) in [7, 11) is 2.82. The van der Waals surface area contributed by atoms with Gasteiger partial charge in [0, 0.05) is 38.5 Å². The zero-order valence-corrected chi connectivity index (χ0v) is 19.0. The van der Waals surface area contributed by atoms with Crippen molar-refractivity contribution in [1.82, 2.24) is 14.5 Å². The van der Waals surface area contributed by atoms with E-state index in [9.17, 15) is 19.2 Å². The van der Waals surface area contributed by atoms with Crippen LogP contribution in [0.15, 0.2) is 33.9 Å². The summed E-state index contributed by atoms with van der Waals surface area (Å²) in [6.45, 7) is 4.25. The predicted molar refractivity (Wildman–Crippen MR) is 123 cm³/mol. The van der Waals surface area contributed by atoms with E-state index in [0.717, 1.165) is 10.3 Å². The lowest BCUT2D eigenvalue weighted by Gasteiger charge is -2.40. The maximum Gasteiger partial charge on any atom is 0.337 e. The summed E-state index contributed by atoms with van der Waals surface area (Å²) in [5.41, 5.74) is 5.79. The number of H-pyrrole nitrogens is 1. The molecule has 1 aromatic heterocycles.